The van der Waals surface area contributed by atoms with Gasteiger partial charge in [-0.15, -0.1) is 0 Å². The third-order valence-corrected chi connectivity index (χ3v) is 4.59. The van der Waals surface area contributed by atoms with Crippen LogP contribution in [0.1, 0.15) is 12.5 Å². The van der Waals surface area contributed by atoms with E-state index in [4.69, 9.17) is 26.2 Å². The van der Waals surface area contributed by atoms with Gasteiger partial charge in [0, 0.05) is 13.1 Å². The molecule has 0 aliphatic heterocycles. The van der Waals surface area contributed by atoms with Crippen LogP contribution in [0.3, 0.4) is 0 Å². The fourth-order valence-corrected chi connectivity index (χ4v) is 2.81. The van der Waals surface area contributed by atoms with Crippen molar-refractivity contribution in [3.05, 3.63) is 59.1 Å². The molecule has 0 aliphatic rings. The molecule has 156 valence electrons. The number of carbonyl (C=O) groups is 2. The molecule has 0 unspecified atom stereocenters. The molecule has 1 atom stereocenters. The lowest BCUT2D eigenvalue weighted by Gasteiger charge is -2.28. The van der Waals surface area contributed by atoms with Crippen LogP contribution in [0.15, 0.2) is 48.5 Å². The van der Waals surface area contributed by atoms with Crippen LogP contribution in [-0.2, 0) is 16.1 Å². The molecule has 0 aliphatic carbocycles. The molecule has 2 N–H and O–H groups in total. The molecule has 2 aromatic carbocycles. The average molecular weight is 421 g/mol. The second-order valence-corrected chi connectivity index (χ2v) is 6.69. The van der Waals surface area contributed by atoms with Crippen molar-refractivity contribution in [3.63, 3.8) is 0 Å². The van der Waals surface area contributed by atoms with Crippen molar-refractivity contribution in [1.29, 1.82) is 0 Å². The molecule has 8 heteroatoms. The van der Waals surface area contributed by atoms with Gasteiger partial charge in [-0.1, -0.05) is 35.9 Å². The van der Waals surface area contributed by atoms with Gasteiger partial charge in [0.25, 0.3) is 5.91 Å². The maximum atomic E-state index is 12.9. The Labute approximate surface area is 175 Å². The van der Waals surface area contributed by atoms with E-state index < -0.39 is 6.04 Å². The van der Waals surface area contributed by atoms with Crippen molar-refractivity contribution in [2.24, 2.45) is 0 Å². The summed E-state index contributed by atoms with van der Waals surface area (Å²) >= 11 is 6.07. The predicted octanol–water partition coefficient (Wildman–Crippen LogP) is 2.25. The summed E-state index contributed by atoms with van der Waals surface area (Å²) in [4.78, 5) is 26.7. The van der Waals surface area contributed by atoms with Crippen LogP contribution in [-0.4, -0.2) is 54.7 Å². The Morgan fingerprint density at radius 3 is 2.48 bits per heavy atom. The van der Waals surface area contributed by atoms with E-state index >= 15 is 0 Å². The van der Waals surface area contributed by atoms with E-state index in [1.807, 2.05) is 12.1 Å². The van der Waals surface area contributed by atoms with Crippen LogP contribution >= 0.6 is 11.6 Å². The van der Waals surface area contributed by atoms with Crippen molar-refractivity contribution in [3.8, 4) is 11.5 Å². The van der Waals surface area contributed by atoms with Crippen LogP contribution in [0.5, 0.6) is 11.5 Å². The number of halogens is 1. The van der Waals surface area contributed by atoms with Gasteiger partial charge in [0.05, 0.1) is 18.7 Å². The number of para-hydroxylation sites is 1. The van der Waals surface area contributed by atoms with Crippen LogP contribution in [0, 0.1) is 0 Å². The normalized spacial score (nSPS) is 11.4. The number of amides is 2. The number of aliphatic hydroxyl groups excluding tert-OH is 1. The number of hydrogen-bond acceptors (Lipinski definition) is 5. The average Bonchev–Trinajstić information content (AvgIpc) is 2.75. The highest BCUT2D eigenvalue weighted by Crippen LogP contribution is 2.23. The summed E-state index contributed by atoms with van der Waals surface area (Å²) in [6.07, 6.45) is 0. The van der Waals surface area contributed by atoms with Crippen LogP contribution in [0.2, 0.25) is 5.02 Å². The maximum Gasteiger partial charge on any atom is 0.261 e. The number of carbonyl (C=O) groups excluding carboxylic acids is 2. The molecule has 2 aromatic rings. The van der Waals surface area contributed by atoms with Crippen LogP contribution in [0.4, 0.5) is 0 Å². The molecule has 0 saturated carbocycles. The van der Waals surface area contributed by atoms with Gasteiger partial charge < -0.3 is 24.8 Å². The van der Waals surface area contributed by atoms with E-state index in [1.54, 1.807) is 50.4 Å². The Morgan fingerprint density at radius 2 is 1.86 bits per heavy atom. The number of benzene rings is 2. The van der Waals surface area contributed by atoms with Gasteiger partial charge in [0.1, 0.15) is 17.5 Å². The van der Waals surface area contributed by atoms with Crippen molar-refractivity contribution in [2.45, 2.75) is 19.5 Å². The smallest absolute Gasteiger partial charge is 0.261 e. The van der Waals surface area contributed by atoms with E-state index in [-0.39, 0.29) is 38.1 Å². The summed E-state index contributed by atoms with van der Waals surface area (Å²) in [6, 6.07) is 13.3. The summed E-state index contributed by atoms with van der Waals surface area (Å²) in [5.74, 6) is 0.359. The topological polar surface area (TPSA) is 88.1 Å². The van der Waals surface area contributed by atoms with Gasteiger partial charge in [-0.2, -0.15) is 0 Å². The van der Waals surface area contributed by atoms with Gasteiger partial charge >= 0.3 is 0 Å². The maximum absolute atomic E-state index is 12.9. The highest BCUT2D eigenvalue weighted by atomic mass is 35.5. The summed E-state index contributed by atoms with van der Waals surface area (Å²) in [5, 5.41) is 11.9. The summed E-state index contributed by atoms with van der Waals surface area (Å²) in [5.41, 5.74) is 0.832. The zero-order valence-electron chi connectivity index (χ0n) is 16.4. The van der Waals surface area contributed by atoms with Gasteiger partial charge in [-0.3, -0.25) is 9.59 Å². The van der Waals surface area contributed by atoms with Gasteiger partial charge in [-0.05, 0) is 36.8 Å². The van der Waals surface area contributed by atoms with Gasteiger partial charge in [0.15, 0.2) is 6.61 Å². The highest BCUT2D eigenvalue weighted by Gasteiger charge is 2.26. The zero-order chi connectivity index (χ0) is 21.2. The molecule has 2 rings (SSSR count). The summed E-state index contributed by atoms with van der Waals surface area (Å²) in [6.45, 7) is 1.51. The lowest BCUT2D eigenvalue weighted by molar-refractivity contribution is -0.142. The molecule has 0 saturated heterocycles. The van der Waals surface area contributed by atoms with Crippen molar-refractivity contribution >= 4 is 23.4 Å². The highest BCUT2D eigenvalue weighted by molar-refractivity contribution is 6.32. The molecule has 0 fully saturated rings. The Balaban J connectivity index is 2.14. The molecule has 0 radical (unpaired) electrons. The number of methoxy groups -OCH3 is 1. The van der Waals surface area contributed by atoms with E-state index in [0.29, 0.717) is 16.5 Å². The number of nitrogens with one attached hydrogen (secondary N) is 1. The fourth-order valence-electron chi connectivity index (χ4n) is 2.62. The number of rotatable bonds is 10. The second-order valence-electron chi connectivity index (χ2n) is 6.28. The SMILES string of the molecule is COc1ccc(CN(C(=O)COc2ccccc2Cl)[C@@H](C)C(=O)NCCO)cc1. The standard InChI is InChI=1S/C21H25ClN2O5/c1-15(21(27)23-11-12-25)24(13-16-7-9-17(28-2)10-8-16)20(26)14-29-19-6-4-3-5-18(19)22/h3-10,15,25H,11-14H2,1-2H3,(H,23,27)/t15-/m0/s1. The summed E-state index contributed by atoms with van der Waals surface area (Å²) < 4.78 is 10.7. The molecular weight excluding hydrogens is 396 g/mol. The van der Waals surface area contributed by atoms with Gasteiger partial charge in [0.2, 0.25) is 5.91 Å². The van der Waals surface area contributed by atoms with Crippen LogP contribution < -0.4 is 14.8 Å². The van der Waals surface area contributed by atoms with Crippen molar-refractivity contribution < 1.29 is 24.2 Å². The third-order valence-electron chi connectivity index (χ3n) is 4.28. The zero-order valence-corrected chi connectivity index (χ0v) is 17.2. The van der Waals surface area contributed by atoms with E-state index in [0.717, 1.165) is 5.56 Å². The minimum atomic E-state index is -0.758. The second kappa shape index (κ2) is 11.3. The Morgan fingerprint density at radius 1 is 1.17 bits per heavy atom. The third kappa shape index (κ3) is 6.66. The summed E-state index contributed by atoms with van der Waals surface area (Å²) in [7, 11) is 1.57. The van der Waals surface area contributed by atoms with Crippen LogP contribution in [0.25, 0.3) is 0 Å². The van der Waals surface area contributed by atoms with E-state index in [2.05, 4.69) is 5.32 Å². The molecule has 0 spiro atoms. The number of nitrogens with zero attached hydrogens (tertiary/aromatic N) is 1. The molecule has 0 heterocycles. The van der Waals surface area contributed by atoms with E-state index in [9.17, 15) is 9.59 Å². The lowest BCUT2D eigenvalue weighted by Crippen LogP contribution is -2.49. The first-order valence-electron chi connectivity index (χ1n) is 9.14. The number of aliphatic hydroxyl groups is 1. The van der Waals surface area contributed by atoms with Crippen molar-refractivity contribution in [2.75, 3.05) is 26.9 Å². The molecule has 2 amide bonds. The minimum Gasteiger partial charge on any atom is -0.497 e. The first-order valence-corrected chi connectivity index (χ1v) is 9.52. The number of hydrogen-bond donors (Lipinski definition) is 2. The number of ether oxygens (including phenoxy) is 2. The first-order chi connectivity index (χ1) is 14.0. The molecule has 0 aromatic heterocycles. The van der Waals surface area contributed by atoms with Crippen molar-refractivity contribution in [1.82, 2.24) is 10.2 Å². The Bertz CT molecular complexity index is 813. The lowest BCUT2D eigenvalue weighted by atomic mass is 10.1. The molecule has 7 nitrogen and oxygen atoms in total. The molecular formula is C21H25ClN2O5. The largest absolute Gasteiger partial charge is 0.497 e. The Hall–Kier alpha value is -2.77. The van der Waals surface area contributed by atoms with E-state index in [1.165, 1.54) is 4.90 Å². The predicted molar refractivity (Wildman–Crippen MR) is 110 cm³/mol. The minimum absolute atomic E-state index is 0.115. The quantitative estimate of drug-likeness (QED) is 0.615. The molecule has 29 heavy (non-hydrogen) atoms. The van der Waals surface area contributed by atoms with Gasteiger partial charge in [-0.25, -0.2) is 0 Å². The Kier molecular flexibility index (Phi) is 8.76. The fraction of sp³-hybridized carbons (Fsp3) is 0.333. The monoisotopic (exact) mass is 420 g/mol. The first kappa shape index (κ1) is 22.5. The molecule has 0 bridgehead atoms.